The van der Waals surface area contributed by atoms with Gasteiger partial charge in [-0.2, -0.15) is 0 Å². The molecule has 186 valence electrons. The second-order valence-corrected chi connectivity index (χ2v) is 9.31. The summed E-state index contributed by atoms with van der Waals surface area (Å²) < 4.78 is 4.87. The minimum atomic E-state index is -0.474. The number of anilines is 1. The van der Waals surface area contributed by atoms with Crippen LogP contribution in [0.25, 0.3) is 33.2 Å². The Bertz CT molecular complexity index is 1630. The number of aromatic amines is 1. The molecule has 2 heterocycles. The first-order valence-electron chi connectivity index (χ1n) is 12.1. The largest absolute Gasteiger partial charge is 0.465 e. The summed E-state index contributed by atoms with van der Waals surface area (Å²) in [6.07, 6.45) is 1.58. The number of carbonyl (C=O) groups is 2. The van der Waals surface area contributed by atoms with E-state index in [1.165, 1.54) is 12.0 Å². The summed E-state index contributed by atoms with van der Waals surface area (Å²) in [5.74, 6) is -0.557. The van der Waals surface area contributed by atoms with Gasteiger partial charge in [0, 0.05) is 34.8 Å². The van der Waals surface area contributed by atoms with Gasteiger partial charge in [0.25, 0.3) is 0 Å². The van der Waals surface area contributed by atoms with Crippen molar-refractivity contribution in [3.63, 3.8) is 0 Å². The van der Waals surface area contributed by atoms with Gasteiger partial charge in [-0.05, 0) is 60.9 Å². The Morgan fingerprint density at radius 2 is 1.78 bits per heavy atom. The van der Waals surface area contributed by atoms with E-state index in [9.17, 15) is 9.59 Å². The smallest absolute Gasteiger partial charge is 0.339 e. The van der Waals surface area contributed by atoms with E-state index in [1.807, 2.05) is 48.5 Å². The monoisotopic (exact) mass is 511 g/mol. The van der Waals surface area contributed by atoms with Gasteiger partial charge >= 0.3 is 5.97 Å². The maximum Gasteiger partial charge on any atom is 0.339 e. The number of aryl methyl sites for hydroxylation is 1. The molecule has 0 spiro atoms. The minimum absolute atomic E-state index is 0.0837. The zero-order valence-electron chi connectivity index (χ0n) is 20.6. The molecule has 3 aromatic carbocycles. The van der Waals surface area contributed by atoms with Crippen LogP contribution >= 0.6 is 11.6 Å². The number of H-pyrrole nitrogens is 1. The highest BCUT2D eigenvalue weighted by molar-refractivity contribution is 6.31. The number of ether oxygens (including phenoxy) is 1. The number of pyridine rings is 1. The number of aromatic nitrogens is 2. The molecular formula is C30H26ClN3O3. The van der Waals surface area contributed by atoms with Gasteiger partial charge in [-0.25, -0.2) is 9.78 Å². The first-order chi connectivity index (χ1) is 18.0. The zero-order valence-corrected chi connectivity index (χ0v) is 21.4. The average molecular weight is 512 g/mol. The maximum atomic E-state index is 13.1. The molecule has 5 aromatic rings. The minimum Gasteiger partial charge on any atom is -0.465 e. The molecule has 0 aliphatic rings. The number of para-hydroxylation sites is 2. The summed E-state index contributed by atoms with van der Waals surface area (Å²) in [6, 6.07) is 24.8. The fraction of sp³-hybridized carbons (Fsp3) is 0.167. The van der Waals surface area contributed by atoms with Crippen molar-refractivity contribution in [2.75, 3.05) is 19.1 Å². The second-order valence-electron chi connectivity index (χ2n) is 8.87. The number of halogens is 1. The topological polar surface area (TPSA) is 75.3 Å². The summed E-state index contributed by atoms with van der Waals surface area (Å²) in [4.78, 5) is 35.2. The number of esters is 1. The van der Waals surface area contributed by atoms with Crippen molar-refractivity contribution in [1.82, 2.24) is 9.97 Å². The Labute approximate surface area is 219 Å². The van der Waals surface area contributed by atoms with Crippen LogP contribution < -0.4 is 4.90 Å². The van der Waals surface area contributed by atoms with E-state index in [1.54, 1.807) is 31.3 Å². The second kappa shape index (κ2) is 10.4. The van der Waals surface area contributed by atoms with Crippen LogP contribution in [0.15, 0.2) is 78.9 Å². The highest BCUT2D eigenvalue weighted by Gasteiger charge is 2.20. The van der Waals surface area contributed by atoms with Crippen molar-refractivity contribution in [3.8, 4) is 11.4 Å². The molecule has 5 rings (SSSR count). The molecule has 0 fully saturated rings. The number of carbonyl (C=O) groups excluding carboxylic acids is 2. The van der Waals surface area contributed by atoms with E-state index < -0.39 is 5.97 Å². The molecule has 0 saturated heterocycles. The van der Waals surface area contributed by atoms with Crippen LogP contribution in [-0.2, 0) is 16.0 Å². The van der Waals surface area contributed by atoms with Crippen molar-refractivity contribution in [2.24, 2.45) is 0 Å². The van der Waals surface area contributed by atoms with Crippen LogP contribution in [0, 0.1) is 0 Å². The fourth-order valence-corrected chi connectivity index (χ4v) is 4.84. The lowest BCUT2D eigenvalue weighted by Gasteiger charge is -2.20. The molecule has 0 radical (unpaired) electrons. The highest BCUT2D eigenvalue weighted by atomic mass is 35.5. The molecule has 0 bridgehead atoms. The molecular weight excluding hydrogens is 486 g/mol. The van der Waals surface area contributed by atoms with Crippen molar-refractivity contribution < 1.29 is 14.3 Å². The third-order valence-corrected chi connectivity index (χ3v) is 6.82. The Balaban J connectivity index is 1.41. The quantitative estimate of drug-likeness (QED) is 0.243. The molecule has 0 atom stereocenters. The normalized spacial score (nSPS) is 11.1. The average Bonchev–Trinajstić information content (AvgIpc) is 3.29. The number of hydrogen-bond acceptors (Lipinski definition) is 4. The van der Waals surface area contributed by atoms with Gasteiger partial charge in [0.15, 0.2) is 0 Å². The maximum absolute atomic E-state index is 13.1. The van der Waals surface area contributed by atoms with Crippen LogP contribution in [-0.4, -0.2) is 36.0 Å². The van der Waals surface area contributed by atoms with Gasteiger partial charge in [0.2, 0.25) is 5.91 Å². The van der Waals surface area contributed by atoms with Gasteiger partial charge in [-0.3, -0.25) is 4.79 Å². The Kier molecular flexibility index (Phi) is 6.93. The molecule has 7 heteroatoms. The molecule has 6 nitrogen and oxygen atoms in total. The van der Waals surface area contributed by atoms with Crippen LogP contribution in [0.4, 0.5) is 5.69 Å². The fourth-order valence-electron chi connectivity index (χ4n) is 4.67. The first-order valence-corrected chi connectivity index (χ1v) is 12.4. The predicted molar refractivity (Wildman–Crippen MR) is 148 cm³/mol. The number of nitrogens with zero attached hydrogens (tertiary/aromatic N) is 2. The molecule has 1 N–H and O–H groups in total. The Morgan fingerprint density at radius 3 is 2.62 bits per heavy atom. The van der Waals surface area contributed by atoms with Gasteiger partial charge in [0.05, 0.1) is 35.3 Å². The van der Waals surface area contributed by atoms with Crippen LogP contribution in [0.2, 0.25) is 5.02 Å². The first kappa shape index (κ1) is 24.5. The SMILES string of the molecule is COC(=O)c1ccccc1N(C)C(=O)CCCc1c(-c2ccc3ccccc3n2)[nH]c2ccc(Cl)cc12. The molecule has 0 saturated carbocycles. The number of hydrogen-bond donors (Lipinski definition) is 1. The van der Waals surface area contributed by atoms with Gasteiger partial charge in [0.1, 0.15) is 0 Å². The molecule has 0 aliphatic carbocycles. The molecule has 0 unspecified atom stereocenters. The predicted octanol–water partition coefficient (Wildman–Crippen LogP) is 6.81. The molecule has 2 aromatic heterocycles. The van der Waals surface area contributed by atoms with E-state index in [0.717, 1.165) is 38.8 Å². The summed E-state index contributed by atoms with van der Waals surface area (Å²) in [5, 5.41) is 2.75. The van der Waals surface area contributed by atoms with Gasteiger partial charge < -0.3 is 14.6 Å². The number of fused-ring (bicyclic) bond motifs is 2. The lowest BCUT2D eigenvalue weighted by molar-refractivity contribution is -0.118. The van der Waals surface area contributed by atoms with E-state index in [-0.39, 0.29) is 5.91 Å². The molecule has 1 amide bonds. The van der Waals surface area contributed by atoms with E-state index in [2.05, 4.69) is 11.1 Å². The summed E-state index contributed by atoms with van der Waals surface area (Å²) >= 11 is 6.34. The zero-order chi connectivity index (χ0) is 25.9. The van der Waals surface area contributed by atoms with Crippen molar-refractivity contribution in [1.29, 1.82) is 0 Å². The molecule has 37 heavy (non-hydrogen) atoms. The summed E-state index contributed by atoms with van der Waals surface area (Å²) in [6.45, 7) is 0. The Hall–Kier alpha value is -4.16. The van der Waals surface area contributed by atoms with Crippen LogP contribution in [0.5, 0.6) is 0 Å². The lowest BCUT2D eigenvalue weighted by Crippen LogP contribution is -2.27. The van der Waals surface area contributed by atoms with Crippen molar-refractivity contribution in [2.45, 2.75) is 19.3 Å². The number of nitrogens with one attached hydrogen (secondary N) is 1. The number of amides is 1. The third-order valence-electron chi connectivity index (χ3n) is 6.58. The van der Waals surface area contributed by atoms with Gasteiger partial charge in [-0.1, -0.05) is 48.0 Å². The number of benzene rings is 3. The lowest BCUT2D eigenvalue weighted by atomic mass is 10.0. The van der Waals surface area contributed by atoms with E-state index >= 15 is 0 Å². The highest BCUT2D eigenvalue weighted by Crippen LogP contribution is 2.33. The standard InChI is InChI=1S/C30H26ClN3O3/c1-34(27-12-6-4-9-22(27)30(36)37-2)28(35)13-7-10-21-23-18-20(31)15-17-25(23)33-29(21)26-16-14-19-8-3-5-11-24(19)32-26/h3-6,8-9,11-12,14-18,33H,7,10,13H2,1-2H3. The van der Waals surface area contributed by atoms with Crippen LogP contribution in [0.1, 0.15) is 28.8 Å². The number of methoxy groups -OCH3 is 1. The molecule has 0 aliphatic heterocycles. The number of rotatable bonds is 7. The summed E-state index contributed by atoms with van der Waals surface area (Å²) in [7, 11) is 3.01. The van der Waals surface area contributed by atoms with Crippen LogP contribution in [0.3, 0.4) is 0 Å². The van der Waals surface area contributed by atoms with E-state index in [4.69, 9.17) is 21.3 Å². The van der Waals surface area contributed by atoms with Gasteiger partial charge in [-0.15, -0.1) is 0 Å². The Morgan fingerprint density at radius 1 is 1.00 bits per heavy atom. The van der Waals surface area contributed by atoms with Crippen molar-refractivity contribution in [3.05, 3.63) is 95.0 Å². The van der Waals surface area contributed by atoms with E-state index in [0.29, 0.717) is 35.5 Å². The summed E-state index contributed by atoms with van der Waals surface area (Å²) in [5.41, 5.74) is 5.63. The van der Waals surface area contributed by atoms with Crippen molar-refractivity contribution >= 4 is 51.0 Å². The third kappa shape index (κ3) is 4.93.